The Balaban J connectivity index is 2.04. The van der Waals surface area contributed by atoms with Crippen LogP contribution in [0, 0.1) is 0 Å². The number of ether oxygens (including phenoxy) is 1. The number of hydrogen-bond acceptors (Lipinski definition) is 5. The topological polar surface area (TPSA) is 83.0 Å². The molecule has 4 aromatic rings. The molecule has 2 N–H and O–H groups in total. The molecular weight excluding hydrogens is 376 g/mol. The third kappa shape index (κ3) is 3.05. The van der Waals surface area contributed by atoms with E-state index in [1.165, 1.54) is 0 Å². The number of nitrogen functional groups attached to an aromatic ring is 1. The number of carbonyl (C=O) groups excluding carboxylic acids is 1. The minimum atomic E-state index is -0.512. The van der Waals surface area contributed by atoms with Gasteiger partial charge in [-0.2, -0.15) is 0 Å². The van der Waals surface area contributed by atoms with E-state index in [1.54, 1.807) is 16.7 Å². The van der Waals surface area contributed by atoms with E-state index < -0.39 is 5.97 Å². The van der Waals surface area contributed by atoms with Gasteiger partial charge >= 0.3 is 5.97 Å². The van der Waals surface area contributed by atoms with Crippen molar-refractivity contribution in [2.75, 3.05) is 5.73 Å². The van der Waals surface area contributed by atoms with Crippen molar-refractivity contribution >= 4 is 45.6 Å². The number of halogens is 1. The summed E-state index contributed by atoms with van der Waals surface area (Å²) >= 11 is 6.17. The van der Waals surface area contributed by atoms with Gasteiger partial charge in [-0.05, 0) is 43.7 Å². The van der Waals surface area contributed by atoms with Gasteiger partial charge in [0.25, 0.3) is 0 Å². The molecule has 7 heteroatoms. The fraction of sp³-hybridized carbons (Fsp3) is 0.190. The second-order valence-corrected chi connectivity index (χ2v) is 7.02. The predicted molar refractivity (Wildman–Crippen MR) is 111 cm³/mol. The fourth-order valence-corrected chi connectivity index (χ4v) is 3.25. The molecule has 4 rings (SSSR count). The number of benzene rings is 2. The smallest absolute Gasteiger partial charge is 0.344 e. The van der Waals surface area contributed by atoms with E-state index in [-0.39, 0.29) is 17.5 Å². The summed E-state index contributed by atoms with van der Waals surface area (Å²) in [6, 6.07) is 14.7. The molecule has 0 spiro atoms. The number of esters is 1. The molecule has 2 aromatic carbocycles. The van der Waals surface area contributed by atoms with Crippen LogP contribution in [0.1, 0.15) is 30.6 Å². The molecule has 0 bridgehead atoms. The van der Waals surface area contributed by atoms with Crippen molar-refractivity contribution in [2.45, 2.75) is 26.4 Å². The van der Waals surface area contributed by atoms with Crippen LogP contribution in [0.4, 0.5) is 5.82 Å². The molecule has 0 aliphatic rings. The molecule has 6 nitrogen and oxygen atoms in total. The largest absolute Gasteiger partial charge is 0.459 e. The third-order valence-electron chi connectivity index (χ3n) is 4.65. The van der Waals surface area contributed by atoms with Crippen molar-refractivity contribution in [3.63, 3.8) is 0 Å². The van der Waals surface area contributed by atoms with Crippen molar-refractivity contribution in [3.8, 4) is 5.69 Å². The molecule has 0 aliphatic carbocycles. The molecule has 0 radical (unpaired) electrons. The number of fused-ring (bicyclic) bond motifs is 2. The predicted octanol–water partition coefficient (Wildman–Crippen LogP) is 4.76. The first-order valence-electron chi connectivity index (χ1n) is 9.03. The fourth-order valence-electron chi connectivity index (χ4n) is 3.06. The summed E-state index contributed by atoms with van der Waals surface area (Å²) in [7, 11) is 0. The number of nitrogens with two attached hydrogens (primary N) is 1. The molecule has 28 heavy (non-hydrogen) atoms. The van der Waals surface area contributed by atoms with Crippen LogP contribution >= 0.6 is 11.6 Å². The molecule has 1 atom stereocenters. The van der Waals surface area contributed by atoms with Crippen molar-refractivity contribution in [1.82, 2.24) is 14.5 Å². The molecule has 0 fully saturated rings. The van der Waals surface area contributed by atoms with Crippen LogP contribution in [-0.4, -0.2) is 26.6 Å². The molecule has 2 aromatic heterocycles. The standard InChI is InChI=1S/C21H19ClN4O2/c1-3-12(2)28-21(27)17-18-20(25-16-10-5-4-9-15(16)24-18)26(19(17)23)14-8-6-7-13(22)11-14/h4-12H,3,23H2,1-2H3/t12-/m0/s1. The molecule has 0 amide bonds. The molecule has 0 aliphatic heterocycles. The highest BCUT2D eigenvalue weighted by Gasteiger charge is 2.26. The van der Waals surface area contributed by atoms with Crippen molar-refractivity contribution in [1.29, 1.82) is 0 Å². The maximum Gasteiger partial charge on any atom is 0.344 e. The Morgan fingerprint density at radius 1 is 1.18 bits per heavy atom. The summed E-state index contributed by atoms with van der Waals surface area (Å²) in [5.41, 5.74) is 9.60. The summed E-state index contributed by atoms with van der Waals surface area (Å²) < 4.78 is 7.22. The average Bonchev–Trinajstić information content (AvgIpc) is 2.96. The van der Waals surface area contributed by atoms with E-state index in [0.717, 1.165) is 0 Å². The lowest BCUT2D eigenvalue weighted by atomic mass is 10.2. The van der Waals surface area contributed by atoms with Crippen LogP contribution in [0.15, 0.2) is 48.5 Å². The monoisotopic (exact) mass is 394 g/mol. The van der Waals surface area contributed by atoms with Crippen LogP contribution in [-0.2, 0) is 4.74 Å². The molecule has 2 heterocycles. The number of anilines is 1. The highest BCUT2D eigenvalue weighted by molar-refractivity contribution is 6.30. The van der Waals surface area contributed by atoms with Crippen molar-refractivity contribution < 1.29 is 9.53 Å². The number of rotatable bonds is 4. The number of aromatic nitrogens is 3. The SMILES string of the molecule is CC[C@H](C)OC(=O)c1c(N)n(-c2cccc(Cl)c2)c2nc3ccccc3nc12. The van der Waals surface area contributed by atoms with Crippen LogP contribution in [0.3, 0.4) is 0 Å². The third-order valence-corrected chi connectivity index (χ3v) is 4.89. The van der Waals surface area contributed by atoms with E-state index in [0.29, 0.717) is 39.3 Å². The van der Waals surface area contributed by atoms with Crippen LogP contribution in [0.2, 0.25) is 5.02 Å². The highest BCUT2D eigenvalue weighted by atomic mass is 35.5. The first-order chi connectivity index (χ1) is 13.5. The maximum absolute atomic E-state index is 12.9. The Hall–Kier alpha value is -3.12. The van der Waals surface area contributed by atoms with Gasteiger partial charge in [-0.25, -0.2) is 14.8 Å². The summed E-state index contributed by atoms with van der Waals surface area (Å²) in [5.74, 6) is -0.289. The van der Waals surface area contributed by atoms with E-state index in [9.17, 15) is 4.79 Å². The average molecular weight is 395 g/mol. The van der Waals surface area contributed by atoms with Gasteiger partial charge in [-0.15, -0.1) is 0 Å². The highest BCUT2D eigenvalue weighted by Crippen LogP contribution is 2.32. The second-order valence-electron chi connectivity index (χ2n) is 6.58. The quantitative estimate of drug-likeness (QED) is 0.504. The normalized spacial score (nSPS) is 12.4. The maximum atomic E-state index is 12.9. The Bertz CT molecular complexity index is 1200. The summed E-state index contributed by atoms with van der Waals surface area (Å²) in [6.45, 7) is 3.79. The van der Waals surface area contributed by atoms with Crippen LogP contribution < -0.4 is 5.73 Å². The summed E-state index contributed by atoms with van der Waals surface area (Å²) in [6.07, 6.45) is 0.470. The number of nitrogens with zero attached hydrogens (tertiary/aromatic N) is 3. The lowest BCUT2D eigenvalue weighted by molar-refractivity contribution is 0.0338. The Morgan fingerprint density at radius 2 is 1.89 bits per heavy atom. The van der Waals surface area contributed by atoms with Crippen LogP contribution in [0.25, 0.3) is 27.9 Å². The zero-order valence-electron chi connectivity index (χ0n) is 15.5. The molecule has 0 saturated carbocycles. The molecule has 142 valence electrons. The molecule has 0 unspecified atom stereocenters. The number of carbonyl (C=O) groups is 1. The minimum Gasteiger partial charge on any atom is -0.459 e. The van der Waals surface area contributed by atoms with Gasteiger partial charge < -0.3 is 10.5 Å². The van der Waals surface area contributed by atoms with Crippen molar-refractivity contribution in [3.05, 3.63) is 59.1 Å². The van der Waals surface area contributed by atoms with Crippen molar-refractivity contribution in [2.24, 2.45) is 0 Å². The zero-order valence-corrected chi connectivity index (χ0v) is 16.3. The summed E-state index contributed by atoms with van der Waals surface area (Å²) in [5, 5.41) is 0.552. The van der Waals surface area contributed by atoms with E-state index in [1.807, 2.05) is 50.2 Å². The van der Waals surface area contributed by atoms with E-state index in [4.69, 9.17) is 27.1 Å². The molecular formula is C21H19ClN4O2. The van der Waals surface area contributed by atoms with Crippen LogP contribution in [0.5, 0.6) is 0 Å². The Labute approximate surface area is 166 Å². The Morgan fingerprint density at radius 3 is 2.57 bits per heavy atom. The van der Waals surface area contributed by atoms with Gasteiger partial charge in [0.15, 0.2) is 5.65 Å². The molecule has 0 saturated heterocycles. The van der Waals surface area contributed by atoms with Gasteiger partial charge in [-0.1, -0.05) is 36.7 Å². The summed E-state index contributed by atoms with van der Waals surface area (Å²) in [4.78, 5) is 22.3. The van der Waals surface area contributed by atoms with Gasteiger partial charge in [0.1, 0.15) is 16.9 Å². The second kappa shape index (κ2) is 7.13. The van der Waals surface area contributed by atoms with Gasteiger partial charge in [0, 0.05) is 5.02 Å². The minimum absolute atomic E-state index is 0.216. The first kappa shape index (κ1) is 18.3. The lowest BCUT2D eigenvalue weighted by Crippen LogP contribution is -2.15. The first-order valence-corrected chi connectivity index (χ1v) is 9.41. The van der Waals surface area contributed by atoms with Gasteiger partial charge in [0.2, 0.25) is 0 Å². The van der Waals surface area contributed by atoms with Gasteiger partial charge in [-0.3, -0.25) is 4.57 Å². The lowest BCUT2D eigenvalue weighted by Gasteiger charge is -2.11. The van der Waals surface area contributed by atoms with Gasteiger partial charge in [0.05, 0.1) is 22.8 Å². The van der Waals surface area contributed by atoms with E-state index in [2.05, 4.69) is 4.98 Å². The van der Waals surface area contributed by atoms with E-state index >= 15 is 0 Å². The number of hydrogen-bond donors (Lipinski definition) is 1. The number of para-hydroxylation sites is 2. The zero-order chi connectivity index (χ0) is 19.8. The Kier molecular flexibility index (Phi) is 4.65.